The first-order valence-electron chi connectivity index (χ1n) is 5.83. The molecule has 1 atom stereocenters. The molecule has 2 rings (SSSR count). The van der Waals surface area contributed by atoms with Crippen molar-refractivity contribution in [2.75, 3.05) is 7.11 Å². The van der Waals surface area contributed by atoms with Crippen LogP contribution in [0.25, 0.3) is 0 Å². The Bertz CT molecular complexity index is 359. The molecule has 16 heavy (non-hydrogen) atoms. The van der Waals surface area contributed by atoms with Crippen molar-refractivity contribution >= 4 is 0 Å². The Balaban J connectivity index is 2.30. The molecule has 0 bridgehead atoms. The fraction of sp³-hybridized carbons (Fsp3) is 0.615. The zero-order valence-electron chi connectivity index (χ0n) is 9.94. The zero-order chi connectivity index (χ0) is 11.6. The standard InChI is InChI=1S/C13H19NO2/c1-10-5-8-14-9-11(10)12(15)13(16-2)6-3-4-7-13/h5,8-9,12,15H,3-4,6-7H2,1-2H3. The molecule has 1 aliphatic carbocycles. The minimum absolute atomic E-state index is 0.395. The van der Waals surface area contributed by atoms with Gasteiger partial charge in [0.15, 0.2) is 0 Å². The smallest absolute Gasteiger partial charge is 0.110 e. The second-order valence-electron chi connectivity index (χ2n) is 4.61. The zero-order valence-corrected chi connectivity index (χ0v) is 9.94. The van der Waals surface area contributed by atoms with E-state index in [9.17, 15) is 5.11 Å². The lowest BCUT2D eigenvalue weighted by Gasteiger charge is -2.33. The molecule has 1 aromatic rings. The molecule has 1 aliphatic rings. The molecular formula is C13H19NO2. The Hall–Kier alpha value is -0.930. The van der Waals surface area contributed by atoms with E-state index in [4.69, 9.17) is 4.74 Å². The molecule has 0 spiro atoms. The maximum atomic E-state index is 10.5. The highest BCUT2D eigenvalue weighted by Crippen LogP contribution is 2.42. The van der Waals surface area contributed by atoms with Crippen molar-refractivity contribution < 1.29 is 9.84 Å². The average Bonchev–Trinajstić information content (AvgIpc) is 2.78. The quantitative estimate of drug-likeness (QED) is 0.852. The summed E-state index contributed by atoms with van der Waals surface area (Å²) in [5.74, 6) is 0. The van der Waals surface area contributed by atoms with Gasteiger partial charge in [0.2, 0.25) is 0 Å². The SMILES string of the molecule is COC1(C(O)c2cnccc2C)CCCC1. The van der Waals surface area contributed by atoms with Crippen molar-refractivity contribution in [1.82, 2.24) is 4.98 Å². The largest absolute Gasteiger partial charge is 0.385 e. The van der Waals surface area contributed by atoms with Gasteiger partial charge in [0.1, 0.15) is 6.10 Å². The summed E-state index contributed by atoms with van der Waals surface area (Å²) in [7, 11) is 1.69. The van der Waals surface area contributed by atoms with Gasteiger partial charge < -0.3 is 9.84 Å². The minimum Gasteiger partial charge on any atom is -0.385 e. The molecular weight excluding hydrogens is 202 g/mol. The van der Waals surface area contributed by atoms with Gasteiger partial charge in [-0.3, -0.25) is 4.98 Å². The summed E-state index contributed by atoms with van der Waals surface area (Å²) in [5, 5.41) is 10.5. The molecule has 88 valence electrons. The summed E-state index contributed by atoms with van der Waals surface area (Å²) in [6.07, 6.45) is 7.05. The normalized spacial score (nSPS) is 20.9. The Morgan fingerprint density at radius 3 is 2.69 bits per heavy atom. The summed E-state index contributed by atoms with van der Waals surface area (Å²) >= 11 is 0. The fourth-order valence-corrected chi connectivity index (χ4v) is 2.61. The highest BCUT2D eigenvalue weighted by Gasteiger charge is 2.42. The van der Waals surface area contributed by atoms with E-state index in [1.54, 1.807) is 19.5 Å². The van der Waals surface area contributed by atoms with E-state index in [1.807, 2.05) is 13.0 Å². The topological polar surface area (TPSA) is 42.4 Å². The number of methoxy groups -OCH3 is 1. The second-order valence-corrected chi connectivity index (χ2v) is 4.61. The predicted octanol–water partition coefficient (Wildman–Crippen LogP) is 2.38. The van der Waals surface area contributed by atoms with Crippen LogP contribution in [0.4, 0.5) is 0 Å². The third-order valence-electron chi connectivity index (χ3n) is 3.73. The summed E-state index contributed by atoms with van der Waals surface area (Å²) in [4.78, 5) is 4.09. The lowest BCUT2D eigenvalue weighted by molar-refractivity contribution is -0.100. The van der Waals surface area contributed by atoms with Crippen molar-refractivity contribution in [2.24, 2.45) is 0 Å². The van der Waals surface area contributed by atoms with Crippen LogP contribution >= 0.6 is 0 Å². The van der Waals surface area contributed by atoms with Gasteiger partial charge in [-0.25, -0.2) is 0 Å². The number of ether oxygens (including phenoxy) is 1. The van der Waals surface area contributed by atoms with Crippen LogP contribution in [-0.2, 0) is 4.74 Å². The number of nitrogens with zero attached hydrogens (tertiary/aromatic N) is 1. The molecule has 0 aliphatic heterocycles. The Labute approximate surface area is 96.5 Å². The van der Waals surface area contributed by atoms with Crippen molar-refractivity contribution in [3.63, 3.8) is 0 Å². The monoisotopic (exact) mass is 221 g/mol. The van der Waals surface area contributed by atoms with E-state index in [1.165, 1.54) is 0 Å². The Morgan fingerprint density at radius 2 is 2.12 bits per heavy atom. The van der Waals surface area contributed by atoms with Crippen LogP contribution in [0, 0.1) is 6.92 Å². The molecule has 1 N–H and O–H groups in total. The number of aryl methyl sites for hydroxylation is 1. The molecule has 1 heterocycles. The maximum absolute atomic E-state index is 10.5. The van der Waals surface area contributed by atoms with Gasteiger partial charge in [-0.1, -0.05) is 12.8 Å². The maximum Gasteiger partial charge on any atom is 0.110 e. The van der Waals surface area contributed by atoms with Gasteiger partial charge in [-0.15, -0.1) is 0 Å². The van der Waals surface area contributed by atoms with E-state index < -0.39 is 11.7 Å². The molecule has 0 amide bonds. The van der Waals surface area contributed by atoms with Crippen LogP contribution in [0.3, 0.4) is 0 Å². The Kier molecular flexibility index (Phi) is 3.26. The summed E-state index contributed by atoms with van der Waals surface area (Å²) in [6, 6.07) is 1.93. The first-order chi connectivity index (χ1) is 7.69. The van der Waals surface area contributed by atoms with Crippen molar-refractivity contribution in [3.8, 4) is 0 Å². The summed E-state index contributed by atoms with van der Waals surface area (Å²) < 4.78 is 5.59. The molecule has 1 unspecified atom stereocenters. The van der Waals surface area contributed by atoms with Gasteiger partial charge in [0.05, 0.1) is 5.60 Å². The molecule has 0 aromatic carbocycles. The first-order valence-corrected chi connectivity index (χ1v) is 5.83. The number of pyridine rings is 1. The van der Waals surface area contributed by atoms with Crippen LogP contribution in [0.5, 0.6) is 0 Å². The van der Waals surface area contributed by atoms with Crippen LogP contribution in [0.2, 0.25) is 0 Å². The number of hydrogen-bond donors (Lipinski definition) is 1. The second kappa shape index (κ2) is 4.52. The predicted molar refractivity (Wildman–Crippen MR) is 62.1 cm³/mol. The third-order valence-corrected chi connectivity index (χ3v) is 3.73. The highest BCUT2D eigenvalue weighted by molar-refractivity contribution is 5.26. The van der Waals surface area contributed by atoms with Crippen LogP contribution in [0.1, 0.15) is 42.9 Å². The van der Waals surface area contributed by atoms with Gasteiger partial charge in [0.25, 0.3) is 0 Å². The number of hydrogen-bond acceptors (Lipinski definition) is 3. The lowest BCUT2D eigenvalue weighted by Crippen LogP contribution is -2.35. The van der Waals surface area contributed by atoms with Gasteiger partial charge >= 0.3 is 0 Å². The van der Waals surface area contributed by atoms with E-state index in [-0.39, 0.29) is 0 Å². The Morgan fingerprint density at radius 1 is 1.44 bits per heavy atom. The number of aliphatic hydroxyl groups excluding tert-OH is 1. The van der Waals surface area contributed by atoms with Gasteiger partial charge in [0, 0.05) is 25.1 Å². The van der Waals surface area contributed by atoms with Crippen molar-refractivity contribution in [3.05, 3.63) is 29.6 Å². The number of aromatic nitrogens is 1. The summed E-state index contributed by atoms with van der Waals surface area (Å²) in [6.45, 7) is 2.00. The minimum atomic E-state index is -0.561. The molecule has 3 heteroatoms. The van der Waals surface area contributed by atoms with Gasteiger partial charge in [-0.05, 0) is 31.4 Å². The average molecular weight is 221 g/mol. The highest BCUT2D eigenvalue weighted by atomic mass is 16.5. The van der Waals surface area contributed by atoms with E-state index in [0.29, 0.717) is 0 Å². The van der Waals surface area contributed by atoms with Gasteiger partial charge in [-0.2, -0.15) is 0 Å². The first kappa shape index (κ1) is 11.6. The van der Waals surface area contributed by atoms with Crippen LogP contribution in [-0.4, -0.2) is 22.8 Å². The van der Waals surface area contributed by atoms with E-state index in [2.05, 4.69) is 4.98 Å². The molecule has 3 nitrogen and oxygen atoms in total. The fourth-order valence-electron chi connectivity index (χ4n) is 2.61. The van der Waals surface area contributed by atoms with Crippen molar-refractivity contribution in [1.29, 1.82) is 0 Å². The molecule has 1 aromatic heterocycles. The molecule has 0 saturated heterocycles. The van der Waals surface area contributed by atoms with E-state index in [0.717, 1.165) is 36.8 Å². The van der Waals surface area contributed by atoms with Crippen LogP contribution < -0.4 is 0 Å². The van der Waals surface area contributed by atoms with Crippen LogP contribution in [0.15, 0.2) is 18.5 Å². The summed E-state index contributed by atoms with van der Waals surface area (Å²) in [5.41, 5.74) is 1.57. The van der Waals surface area contributed by atoms with Crippen molar-refractivity contribution in [2.45, 2.75) is 44.3 Å². The molecule has 1 fully saturated rings. The lowest BCUT2D eigenvalue weighted by atomic mass is 9.88. The van der Waals surface area contributed by atoms with E-state index >= 15 is 0 Å². The molecule has 1 saturated carbocycles. The third kappa shape index (κ3) is 1.85. The number of rotatable bonds is 3. The number of aliphatic hydroxyl groups is 1. The molecule has 0 radical (unpaired) electrons.